The molecular formula is C32H33F3N4O5. The molecule has 1 aliphatic heterocycles. The van der Waals surface area contributed by atoms with Crippen molar-refractivity contribution in [3.8, 4) is 11.6 Å². The fourth-order valence-corrected chi connectivity index (χ4v) is 6.19. The number of carbonyl (C=O) groups is 2. The number of aromatic carboxylic acids is 1. The zero-order valence-corrected chi connectivity index (χ0v) is 24.0. The van der Waals surface area contributed by atoms with Gasteiger partial charge in [-0.25, -0.2) is 14.5 Å². The van der Waals surface area contributed by atoms with Crippen molar-refractivity contribution in [1.29, 1.82) is 0 Å². The minimum absolute atomic E-state index is 0.0578. The zero-order valence-electron chi connectivity index (χ0n) is 24.0. The zero-order chi connectivity index (χ0) is 31.0. The Balaban J connectivity index is 1.16. The summed E-state index contributed by atoms with van der Waals surface area (Å²) in [5, 5.41) is 23.7. The number of rotatable bonds is 8. The monoisotopic (exact) mass is 610 g/mol. The number of allylic oxidation sites excluding steroid dienone is 1. The molecule has 6 rings (SSSR count). The minimum atomic E-state index is -4.94. The van der Waals surface area contributed by atoms with Gasteiger partial charge in [0.25, 0.3) is 0 Å². The van der Waals surface area contributed by atoms with E-state index in [1.165, 1.54) is 6.07 Å². The first-order valence-electron chi connectivity index (χ1n) is 14.9. The first-order valence-corrected chi connectivity index (χ1v) is 14.9. The van der Waals surface area contributed by atoms with E-state index in [0.717, 1.165) is 48.8 Å². The van der Waals surface area contributed by atoms with Gasteiger partial charge in [0.1, 0.15) is 17.9 Å². The first-order chi connectivity index (χ1) is 21.1. The van der Waals surface area contributed by atoms with Crippen LogP contribution < -0.4 is 4.74 Å². The molecule has 2 aliphatic carbocycles. The topological polar surface area (TPSA) is 118 Å². The van der Waals surface area contributed by atoms with Crippen molar-refractivity contribution in [2.45, 2.75) is 63.1 Å². The smallest absolute Gasteiger partial charge is 0.434 e. The number of aliphatic hydroxyl groups excluding tert-OH is 1. The Kier molecular flexibility index (Phi) is 8.19. The maximum absolute atomic E-state index is 13.8. The second-order valence-corrected chi connectivity index (χ2v) is 11.7. The number of benzene rings is 1. The molecule has 0 bridgehead atoms. The van der Waals surface area contributed by atoms with Crippen LogP contribution in [0.2, 0.25) is 0 Å². The van der Waals surface area contributed by atoms with Crippen molar-refractivity contribution in [1.82, 2.24) is 19.7 Å². The number of amides is 1. The fraction of sp³-hybridized carbons (Fsp3) is 0.438. The van der Waals surface area contributed by atoms with Crippen molar-refractivity contribution < 1.29 is 37.7 Å². The highest BCUT2D eigenvalue weighted by Gasteiger charge is 2.41. The van der Waals surface area contributed by atoms with Crippen LogP contribution in [0.1, 0.15) is 78.2 Å². The lowest BCUT2D eigenvalue weighted by Gasteiger charge is -2.36. The average Bonchev–Trinajstić information content (AvgIpc) is 3.76. The Morgan fingerprint density at radius 3 is 2.45 bits per heavy atom. The normalized spacial score (nSPS) is 21.0. The van der Waals surface area contributed by atoms with E-state index in [9.17, 15) is 33.0 Å². The standard InChI is InChI=1S/C32H33F3N4O5/c33-32(34,35)29-25(31(42)43)16-36-39(29)28-7-3-6-26(37-28)23-5-2-1-4-21(23)18-44-22-12-10-19(11-13-22)24-14-15-38(17-27(24)40)30(41)20-8-9-20/h3,6-7,10-13,16,20,24,27,40H,1-2,4-5,8-9,14-15,17-18H2,(H,42,43). The summed E-state index contributed by atoms with van der Waals surface area (Å²) in [6.07, 6.45) is 0.980. The Bertz CT molecular complexity index is 1580. The SMILES string of the molecule is O=C(O)c1cnn(-c2cccc(C3=C(COc4ccc(C5CCN(C(=O)C6CC6)CC5O)cc4)CCCC3)n2)c1C(F)(F)F. The van der Waals surface area contributed by atoms with Crippen LogP contribution in [-0.4, -0.2) is 67.6 Å². The number of nitrogens with zero attached hydrogens (tertiary/aromatic N) is 4. The number of likely N-dealkylation sites (tertiary alicyclic amines) is 1. The maximum atomic E-state index is 13.8. The summed E-state index contributed by atoms with van der Waals surface area (Å²) in [7, 11) is 0. The number of halogens is 3. The van der Waals surface area contributed by atoms with E-state index in [-0.39, 0.29) is 30.2 Å². The molecule has 2 atom stereocenters. The Hall–Kier alpha value is -4.19. The van der Waals surface area contributed by atoms with Crippen LogP contribution in [-0.2, 0) is 11.0 Å². The number of carboxylic acid groups (broad SMARTS) is 1. The van der Waals surface area contributed by atoms with Crippen molar-refractivity contribution in [3.05, 3.63) is 76.7 Å². The van der Waals surface area contributed by atoms with Crippen LogP contribution in [0, 0.1) is 5.92 Å². The number of carbonyl (C=O) groups excluding carboxylic acids is 1. The number of aromatic nitrogens is 3. The van der Waals surface area contributed by atoms with Gasteiger partial charge in [0.05, 0.1) is 18.0 Å². The van der Waals surface area contributed by atoms with E-state index in [4.69, 9.17) is 4.74 Å². The van der Waals surface area contributed by atoms with Crippen LogP contribution in [0.5, 0.6) is 5.75 Å². The predicted molar refractivity (Wildman–Crippen MR) is 153 cm³/mol. The van der Waals surface area contributed by atoms with E-state index in [2.05, 4.69) is 10.1 Å². The van der Waals surface area contributed by atoms with Gasteiger partial charge in [0.15, 0.2) is 11.5 Å². The predicted octanol–water partition coefficient (Wildman–Crippen LogP) is 5.48. The summed E-state index contributed by atoms with van der Waals surface area (Å²) < 4.78 is 48.0. The Labute approximate surface area is 252 Å². The van der Waals surface area contributed by atoms with Crippen LogP contribution in [0.3, 0.4) is 0 Å². The van der Waals surface area contributed by atoms with E-state index >= 15 is 0 Å². The second kappa shape index (κ2) is 12.1. The Morgan fingerprint density at radius 2 is 1.77 bits per heavy atom. The highest BCUT2D eigenvalue weighted by atomic mass is 19.4. The highest BCUT2D eigenvalue weighted by Crippen LogP contribution is 2.37. The van der Waals surface area contributed by atoms with Crippen molar-refractivity contribution >= 4 is 17.4 Å². The molecule has 9 nitrogen and oxygen atoms in total. The highest BCUT2D eigenvalue weighted by molar-refractivity contribution is 5.89. The third-order valence-electron chi connectivity index (χ3n) is 8.65. The largest absolute Gasteiger partial charge is 0.489 e. The third-order valence-corrected chi connectivity index (χ3v) is 8.65. The van der Waals surface area contributed by atoms with E-state index in [0.29, 0.717) is 48.3 Å². The van der Waals surface area contributed by atoms with Gasteiger partial charge in [-0.15, -0.1) is 0 Å². The summed E-state index contributed by atoms with van der Waals surface area (Å²) in [6.45, 7) is 1.27. The van der Waals surface area contributed by atoms with Gasteiger partial charge in [-0.1, -0.05) is 18.2 Å². The number of hydrogen-bond acceptors (Lipinski definition) is 6. The molecule has 1 aromatic carbocycles. The molecular weight excluding hydrogens is 577 g/mol. The lowest BCUT2D eigenvalue weighted by Crippen LogP contribution is -2.46. The molecule has 2 N–H and O–H groups in total. The molecule has 12 heteroatoms. The molecule has 2 fully saturated rings. The van der Waals surface area contributed by atoms with Gasteiger partial charge in [-0.05, 0) is 85.9 Å². The van der Waals surface area contributed by atoms with Gasteiger partial charge in [0, 0.05) is 24.9 Å². The van der Waals surface area contributed by atoms with Crippen molar-refractivity contribution in [3.63, 3.8) is 0 Å². The number of ether oxygens (including phenoxy) is 1. The summed E-state index contributed by atoms with van der Waals surface area (Å²) in [5.74, 6) is -0.955. The lowest BCUT2D eigenvalue weighted by atomic mass is 9.87. The minimum Gasteiger partial charge on any atom is -0.489 e. The Morgan fingerprint density at radius 1 is 1.02 bits per heavy atom. The summed E-state index contributed by atoms with van der Waals surface area (Å²) in [6, 6.07) is 12.3. The van der Waals surface area contributed by atoms with Crippen LogP contribution in [0.4, 0.5) is 13.2 Å². The van der Waals surface area contributed by atoms with Crippen molar-refractivity contribution in [2.75, 3.05) is 19.7 Å². The van der Waals surface area contributed by atoms with Crippen LogP contribution in [0.25, 0.3) is 11.4 Å². The number of carboxylic acids is 1. The van der Waals surface area contributed by atoms with Gasteiger partial charge < -0.3 is 19.8 Å². The van der Waals surface area contributed by atoms with Crippen LogP contribution >= 0.6 is 0 Å². The molecule has 2 unspecified atom stereocenters. The fourth-order valence-electron chi connectivity index (χ4n) is 6.19. The molecule has 1 saturated heterocycles. The molecule has 1 saturated carbocycles. The molecule has 44 heavy (non-hydrogen) atoms. The number of alkyl halides is 3. The quantitative estimate of drug-likeness (QED) is 0.347. The first kappa shape index (κ1) is 29.9. The van der Waals surface area contributed by atoms with Gasteiger partial charge in [-0.2, -0.15) is 18.3 Å². The van der Waals surface area contributed by atoms with Gasteiger partial charge in [0.2, 0.25) is 5.91 Å². The molecule has 3 aliphatic rings. The average molecular weight is 611 g/mol. The van der Waals surface area contributed by atoms with Gasteiger partial charge >= 0.3 is 12.1 Å². The molecule has 0 spiro atoms. The van der Waals surface area contributed by atoms with Gasteiger partial charge in [-0.3, -0.25) is 4.79 Å². The van der Waals surface area contributed by atoms with Crippen LogP contribution in [0.15, 0.2) is 54.2 Å². The van der Waals surface area contributed by atoms with E-state index in [1.807, 2.05) is 24.3 Å². The molecule has 2 aromatic heterocycles. The number of hydrogen-bond donors (Lipinski definition) is 2. The summed E-state index contributed by atoms with van der Waals surface area (Å²) in [5.41, 5.74) is 1.05. The summed E-state index contributed by atoms with van der Waals surface area (Å²) >= 11 is 0. The molecule has 232 valence electrons. The summed E-state index contributed by atoms with van der Waals surface area (Å²) in [4.78, 5) is 30.1. The number of β-amino-alcohol motifs (C(OH)–C–C–N with tert-alkyl or cyclic N) is 1. The number of aliphatic hydroxyl groups is 1. The third kappa shape index (κ3) is 6.21. The lowest BCUT2D eigenvalue weighted by molar-refractivity contribution is -0.143. The number of pyridine rings is 1. The molecule has 0 radical (unpaired) electrons. The molecule has 3 heterocycles. The molecule has 1 amide bonds. The van der Waals surface area contributed by atoms with E-state index in [1.54, 1.807) is 17.0 Å². The maximum Gasteiger partial charge on any atom is 0.434 e. The molecule has 3 aromatic rings. The second-order valence-electron chi connectivity index (χ2n) is 11.7. The number of piperidine rings is 1. The van der Waals surface area contributed by atoms with E-state index < -0.39 is 29.5 Å². The van der Waals surface area contributed by atoms with Crippen molar-refractivity contribution in [2.24, 2.45) is 5.92 Å².